The third-order valence-corrected chi connectivity index (χ3v) is 3.02. The van der Waals surface area contributed by atoms with Gasteiger partial charge in [-0.3, -0.25) is 5.92 Å². The normalized spacial score (nSPS) is 13.6. The molecule has 0 atom stereocenters. The first-order valence-electron chi connectivity index (χ1n) is 6.25. The van der Waals surface area contributed by atoms with Crippen LogP contribution in [0, 0.1) is 12.3 Å². The third kappa shape index (κ3) is 4.52. The van der Waals surface area contributed by atoms with Gasteiger partial charge in [-0.2, -0.15) is 48.3 Å². The molecule has 0 spiro atoms. The van der Waals surface area contributed by atoms with Crippen LogP contribution >= 0.6 is 0 Å². The van der Waals surface area contributed by atoms with Crippen molar-refractivity contribution < 1.29 is 75.4 Å². The van der Waals surface area contributed by atoms with E-state index in [0.29, 0.717) is 0 Å². The Hall–Kier alpha value is -1.45. The minimum atomic E-state index is -7.45. The minimum Gasteiger partial charge on any atom is -0.487 e. The molecule has 0 unspecified atom stereocenters. The summed E-state index contributed by atoms with van der Waals surface area (Å²) >= 11 is 0. The van der Waals surface area contributed by atoms with E-state index in [0.717, 1.165) is 24.3 Å². The fourth-order valence-corrected chi connectivity index (χ4v) is 1.50. The van der Waals surface area contributed by atoms with E-state index >= 15 is 0 Å². The number of hydrogen-bond acceptors (Lipinski definition) is 1. The Balaban J connectivity index is 0.00000676. The average Bonchev–Trinajstić information content (AvgIpc) is 2.51. The zero-order valence-electron chi connectivity index (χ0n) is 12.4. The molecule has 0 saturated heterocycles. The molecule has 0 heterocycles. The van der Waals surface area contributed by atoms with Crippen LogP contribution in [0.2, 0.25) is 0 Å². The zero-order chi connectivity index (χ0) is 20.6. The monoisotopic (exact) mass is 596 g/mol. The molecule has 1 aromatic carbocycles. The Kier molecular flexibility index (Phi) is 7.46. The van der Waals surface area contributed by atoms with Crippen molar-refractivity contribution in [3.63, 3.8) is 0 Å². The Labute approximate surface area is 160 Å². The van der Waals surface area contributed by atoms with Crippen LogP contribution in [0.25, 0.3) is 0 Å². The summed E-state index contributed by atoms with van der Waals surface area (Å²) < 4.78 is 144. The van der Waals surface area contributed by atoms with Crippen molar-refractivity contribution in [2.75, 3.05) is 6.61 Å². The van der Waals surface area contributed by atoms with Gasteiger partial charge in [0.05, 0.1) is 0 Å². The summed E-state index contributed by atoms with van der Waals surface area (Å²) in [6.45, 7) is -2.61. The van der Waals surface area contributed by atoms with E-state index < -0.39 is 42.2 Å². The summed E-state index contributed by atoms with van der Waals surface area (Å²) in [7, 11) is 0. The fraction of sp³-hybridized carbons (Fsp3) is 0.429. The molecule has 0 aromatic heterocycles. The van der Waals surface area contributed by atoms with E-state index in [9.17, 15) is 48.3 Å². The molecule has 0 N–H and O–H groups in total. The van der Waals surface area contributed by atoms with E-state index in [-0.39, 0.29) is 27.9 Å². The summed E-state index contributed by atoms with van der Waals surface area (Å²) in [6.07, 6.45) is -0.480. The Morgan fingerprint density at radius 2 is 1.19 bits per heavy atom. The van der Waals surface area contributed by atoms with Gasteiger partial charge in [-0.05, 0) is 12.1 Å². The number of alkyl halides is 11. The molecule has 0 bridgehead atoms. The van der Waals surface area contributed by atoms with Crippen molar-refractivity contribution in [1.29, 1.82) is 0 Å². The number of benzene rings is 1. The SMILES string of the molecule is [Au+].[C-]#Cc1ccc(OCC(F)(F)C(F)(F)C(F)(F)C(F)(F)C(F)(F)F)cc1. The van der Waals surface area contributed by atoms with Crippen LogP contribution in [0.5, 0.6) is 5.75 Å². The van der Waals surface area contributed by atoms with Crippen LogP contribution in [0.3, 0.4) is 0 Å². The molecular formula is C14H6AuF11O. The maximum absolute atomic E-state index is 13.3. The Morgan fingerprint density at radius 3 is 1.56 bits per heavy atom. The van der Waals surface area contributed by atoms with Crippen LogP contribution in [0.1, 0.15) is 5.56 Å². The van der Waals surface area contributed by atoms with E-state index in [1.165, 1.54) is 0 Å². The second kappa shape index (κ2) is 7.89. The Bertz CT molecular complexity index is 674. The first kappa shape index (κ1) is 25.6. The first-order valence-corrected chi connectivity index (χ1v) is 6.25. The van der Waals surface area contributed by atoms with Gasteiger partial charge in [-0.15, -0.1) is 17.7 Å². The quantitative estimate of drug-likeness (QED) is 0.192. The molecule has 0 radical (unpaired) electrons. The van der Waals surface area contributed by atoms with Crippen molar-refractivity contribution in [3.05, 3.63) is 36.3 Å². The van der Waals surface area contributed by atoms with Crippen LogP contribution in [0.15, 0.2) is 24.3 Å². The van der Waals surface area contributed by atoms with Gasteiger partial charge in [0.15, 0.2) is 6.61 Å². The van der Waals surface area contributed by atoms with Crippen LogP contribution < -0.4 is 4.74 Å². The van der Waals surface area contributed by atoms with Crippen molar-refractivity contribution in [2.45, 2.75) is 29.9 Å². The molecule has 1 rings (SSSR count). The maximum atomic E-state index is 13.3. The smallest absolute Gasteiger partial charge is 0.487 e. The van der Waals surface area contributed by atoms with Gasteiger partial charge in [0.25, 0.3) is 0 Å². The van der Waals surface area contributed by atoms with Gasteiger partial charge >= 0.3 is 52.2 Å². The maximum Gasteiger partial charge on any atom is 1.00 e. The van der Waals surface area contributed by atoms with Crippen molar-refractivity contribution in [3.8, 4) is 11.7 Å². The van der Waals surface area contributed by atoms with Crippen molar-refractivity contribution in [2.24, 2.45) is 0 Å². The molecule has 1 aromatic rings. The van der Waals surface area contributed by atoms with Crippen LogP contribution in [0.4, 0.5) is 48.3 Å². The fourth-order valence-electron chi connectivity index (χ4n) is 1.50. The van der Waals surface area contributed by atoms with Crippen LogP contribution in [-0.4, -0.2) is 36.5 Å². The van der Waals surface area contributed by atoms with Crippen LogP contribution in [-0.2, 0) is 22.4 Å². The van der Waals surface area contributed by atoms with Gasteiger partial charge in [0, 0.05) is 0 Å². The summed E-state index contributed by atoms with van der Waals surface area (Å²) in [5.74, 6) is -26.8. The molecule has 0 fully saturated rings. The van der Waals surface area contributed by atoms with Crippen molar-refractivity contribution in [1.82, 2.24) is 0 Å². The zero-order valence-corrected chi connectivity index (χ0v) is 14.6. The average molecular weight is 596 g/mol. The Morgan fingerprint density at radius 1 is 0.741 bits per heavy atom. The summed E-state index contributed by atoms with van der Waals surface area (Å²) in [5, 5.41) is 0. The van der Waals surface area contributed by atoms with Gasteiger partial charge in [-0.25, -0.2) is 0 Å². The summed E-state index contributed by atoms with van der Waals surface area (Å²) in [4.78, 5) is 0. The summed E-state index contributed by atoms with van der Waals surface area (Å²) in [6, 6.07) is 3.69. The van der Waals surface area contributed by atoms with E-state index in [2.05, 4.69) is 4.74 Å². The minimum absolute atomic E-state index is 0. The predicted molar refractivity (Wildman–Crippen MR) is 64.0 cm³/mol. The summed E-state index contributed by atoms with van der Waals surface area (Å²) in [5.41, 5.74) is 0.0887. The topological polar surface area (TPSA) is 9.23 Å². The first-order chi connectivity index (χ1) is 11.5. The molecule has 0 aliphatic carbocycles. The number of hydrogen-bond donors (Lipinski definition) is 0. The molecule has 0 aliphatic rings. The molecule has 0 aliphatic heterocycles. The predicted octanol–water partition coefficient (Wildman–Crippen LogP) is 5.10. The van der Waals surface area contributed by atoms with E-state index in [1.54, 1.807) is 0 Å². The molecule has 27 heavy (non-hydrogen) atoms. The number of rotatable bonds is 6. The molecular weight excluding hydrogens is 590 g/mol. The number of ether oxygens (including phenoxy) is 1. The van der Waals surface area contributed by atoms with E-state index in [1.807, 2.05) is 5.92 Å². The molecule has 13 heteroatoms. The number of halogens is 11. The standard InChI is InChI=1S/C14H6F11O.Au/c1-2-8-3-5-9(6-4-8)26-7-10(15,16)11(17,18)12(19,20)13(21,22)14(23,24)25;/h3-6H,7H2;/q-1;+1. The van der Waals surface area contributed by atoms with Crippen molar-refractivity contribution >= 4 is 0 Å². The second-order valence-corrected chi connectivity index (χ2v) is 4.86. The van der Waals surface area contributed by atoms with Gasteiger partial charge < -0.3 is 11.2 Å². The van der Waals surface area contributed by atoms with Gasteiger partial charge in [-0.1, -0.05) is 0 Å². The largest absolute Gasteiger partial charge is 1.00 e. The third-order valence-electron chi connectivity index (χ3n) is 3.02. The van der Waals surface area contributed by atoms with Gasteiger partial charge in [0.1, 0.15) is 5.75 Å². The second-order valence-electron chi connectivity index (χ2n) is 4.86. The van der Waals surface area contributed by atoms with E-state index in [4.69, 9.17) is 6.42 Å². The molecule has 156 valence electrons. The molecule has 1 nitrogen and oxygen atoms in total. The molecule has 0 amide bonds. The molecule has 0 saturated carbocycles. The van der Waals surface area contributed by atoms with Gasteiger partial charge in [0.2, 0.25) is 0 Å².